The molecule has 6 heteroatoms. The Morgan fingerprint density at radius 1 is 1.06 bits per heavy atom. The van der Waals surface area contributed by atoms with Gasteiger partial charge in [0.2, 0.25) is 5.91 Å². The minimum Gasteiger partial charge on any atom is -0.497 e. The maximum Gasteiger partial charge on any atom is 0.228 e. The minimum atomic E-state index is -0.0288. The van der Waals surface area contributed by atoms with Crippen LogP contribution in [0.15, 0.2) is 66.7 Å². The summed E-state index contributed by atoms with van der Waals surface area (Å²) in [7, 11) is 1.69. The number of rotatable bonds is 7. The van der Waals surface area contributed by atoms with Gasteiger partial charge in [-0.05, 0) is 74.7 Å². The number of carbonyl (C=O) groups excluding carboxylic acids is 1. The smallest absolute Gasteiger partial charge is 0.228 e. The summed E-state index contributed by atoms with van der Waals surface area (Å²) in [6, 6.07) is 22.7. The van der Waals surface area contributed by atoms with E-state index < -0.39 is 0 Å². The molecule has 0 aliphatic carbocycles. The second-order valence-corrected chi connectivity index (χ2v) is 9.83. The number of benzene rings is 3. The maximum atomic E-state index is 13.1. The lowest BCUT2D eigenvalue weighted by Crippen LogP contribution is -2.40. The molecule has 2 heterocycles. The van der Waals surface area contributed by atoms with Crippen molar-refractivity contribution in [3.63, 3.8) is 0 Å². The molecule has 3 aromatic carbocycles. The summed E-state index contributed by atoms with van der Waals surface area (Å²) in [6.45, 7) is 7.28. The van der Waals surface area contributed by atoms with Crippen molar-refractivity contribution >= 4 is 22.6 Å². The Labute approximate surface area is 212 Å². The Morgan fingerprint density at radius 3 is 2.64 bits per heavy atom. The molecule has 1 aliphatic heterocycles. The largest absolute Gasteiger partial charge is 0.497 e. The lowest BCUT2D eigenvalue weighted by molar-refractivity contribution is -0.121. The van der Waals surface area contributed by atoms with Crippen molar-refractivity contribution in [1.29, 1.82) is 0 Å². The first-order chi connectivity index (χ1) is 17.5. The predicted octanol–water partition coefficient (Wildman–Crippen LogP) is 5.56. The van der Waals surface area contributed by atoms with E-state index in [2.05, 4.69) is 58.1 Å². The van der Waals surface area contributed by atoms with Gasteiger partial charge in [-0.25, -0.2) is 4.98 Å². The maximum absolute atomic E-state index is 13.1. The first-order valence-electron chi connectivity index (χ1n) is 12.7. The van der Waals surface area contributed by atoms with E-state index in [0.717, 1.165) is 72.9 Å². The van der Waals surface area contributed by atoms with E-state index in [1.54, 1.807) is 7.11 Å². The normalized spacial score (nSPS) is 16.2. The molecule has 1 N–H and O–H groups in total. The van der Waals surface area contributed by atoms with Crippen LogP contribution < -0.4 is 10.1 Å². The quantitative estimate of drug-likeness (QED) is 0.375. The van der Waals surface area contributed by atoms with Crippen LogP contribution in [0.5, 0.6) is 5.75 Å². The van der Waals surface area contributed by atoms with Gasteiger partial charge in [0.15, 0.2) is 0 Å². The molecule has 6 nitrogen and oxygen atoms in total. The number of para-hydroxylation sites is 2. The topological polar surface area (TPSA) is 59.4 Å². The van der Waals surface area contributed by atoms with Crippen molar-refractivity contribution in [2.75, 3.05) is 25.5 Å². The highest BCUT2D eigenvalue weighted by Crippen LogP contribution is 2.25. The Morgan fingerprint density at radius 2 is 1.86 bits per heavy atom. The number of piperidine rings is 1. The van der Waals surface area contributed by atoms with Gasteiger partial charge in [-0.1, -0.05) is 42.0 Å². The van der Waals surface area contributed by atoms with Crippen LogP contribution in [0, 0.1) is 19.8 Å². The number of methoxy groups -OCH3 is 1. The summed E-state index contributed by atoms with van der Waals surface area (Å²) in [4.78, 5) is 20.5. The molecule has 1 aromatic heterocycles. The lowest BCUT2D eigenvalue weighted by Gasteiger charge is -2.32. The predicted molar refractivity (Wildman–Crippen MR) is 144 cm³/mol. The Hall–Kier alpha value is -3.64. The van der Waals surface area contributed by atoms with Gasteiger partial charge in [0, 0.05) is 18.8 Å². The van der Waals surface area contributed by atoms with E-state index in [9.17, 15) is 4.79 Å². The van der Waals surface area contributed by atoms with Gasteiger partial charge >= 0.3 is 0 Å². The molecular weight excluding hydrogens is 448 g/mol. The summed E-state index contributed by atoms with van der Waals surface area (Å²) in [6.07, 6.45) is 1.92. The molecule has 1 aliphatic rings. The van der Waals surface area contributed by atoms with E-state index >= 15 is 0 Å². The number of fused-ring (bicyclic) bond motifs is 1. The number of likely N-dealkylation sites (tertiary alicyclic amines) is 1. The number of nitrogens with zero attached hydrogens (tertiary/aromatic N) is 3. The highest BCUT2D eigenvalue weighted by atomic mass is 16.5. The number of anilines is 1. The summed E-state index contributed by atoms with van der Waals surface area (Å²) in [5, 5.41) is 3.17. The zero-order chi connectivity index (χ0) is 25.1. The average Bonchev–Trinajstić information content (AvgIpc) is 3.23. The molecule has 0 saturated carbocycles. The number of ether oxygens (including phenoxy) is 1. The number of aromatic nitrogens is 2. The Kier molecular flexibility index (Phi) is 7.05. The molecule has 0 radical (unpaired) electrons. The standard InChI is InChI=1S/C30H34N4O2/c1-21-10-15-26(22(2)17-21)32-30(35)24-7-6-16-33(19-24)20-29-31-27-8-4-5-9-28(27)34(29)18-23-11-13-25(36-3)14-12-23/h4-5,8-15,17,24H,6-7,16,18-20H2,1-3H3,(H,32,35)/t24-/m0/s1. The highest BCUT2D eigenvalue weighted by molar-refractivity contribution is 5.93. The zero-order valence-electron chi connectivity index (χ0n) is 21.3. The molecule has 1 amide bonds. The first kappa shape index (κ1) is 24.1. The molecule has 0 spiro atoms. The van der Waals surface area contributed by atoms with Crippen molar-refractivity contribution in [2.45, 2.75) is 39.8 Å². The van der Waals surface area contributed by atoms with Crippen LogP contribution in [0.1, 0.15) is 35.4 Å². The van der Waals surface area contributed by atoms with Gasteiger partial charge in [-0.15, -0.1) is 0 Å². The van der Waals surface area contributed by atoms with Crippen molar-refractivity contribution < 1.29 is 9.53 Å². The van der Waals surface area contributed by atoms with E-state index in [1.165, 1.54) is 11.1 Å². The Bertz CT molecular complexity index is 1360. The monoisotopic (exact) mass is 482 g/mol. The van der Waals surface area contributed by atoms with Crippen molar-refractivity contribution in [3.05, 3.63) is 89.2 Å². The number of amides is 1. The fourth-order valence-corrected chi connectivity index (χ4v) is 5.14. The van der Waals surface area contributed by atoms with Gasteiger partial charge in [0.1, 0.15) is 11.6 Å². The number of hydrogen-bond donors (Lipinski definition) is 1. The molecule has 36 heavy (non-hydrogen) atoms. The third-order valence-corrected chi connectivity index (χ3v) is 7.11. The molecule has 0 unspecified atom stereocenters. The second kappa shape index (κ2) is 10.5. The molecule has 0 bridgehead atoms. The Balaban J connectivity index is 1.32. The molecule has 1 atom stereocenters. The number of nitrogens with one attached hydrogen (secondary N) is 1. The molecule has 186 valence electrons. The molecule has 4 aromatic rings. The van der Waals surface area contributed by atoms with Crippen LogP contribution >= 0.6 is 0 Å². The van der Waals surface area contributed by atoms with Crippen LogP contribution in [-0.4, -0.2) is 40.6 Å². The fraction of sp³-hybridized carbons (Fsp3) is 0.333. The van der Waals surface area contributed by atoms with Crippen LogP contribution in [0.3, 0.4) is 0 Å². The third-order valence-electron chi connectivity index (χ3n) is 7.11. The number of aryl methyl sites for hydroxylation is 2. The highest BCUT2D eigenvalue weighted by Gasteiger charge is 2.27. The van der Waals surface area contributed by atoms with Gasteiger partial charge in [0.25, 0.3) is 0 Å². The van der Waals surface area contributed by atoms with Crippen molar-refractivity contribution in [3.8, 4) is 5.75 Å². The van der Waals surface area contributed by atoms with Crippen molar-refractivity contribution in [1.82, 2.24) is 14.5 Å². The number of imidazole rings is 1. The van der Waals surface area contributed by atoms with E-state index in [0.29, 0.717) is 0 Å². The van der Waals surface area contributed by atoms with Gasteiger partial charge < -0.3 is 14.6 Å². The summed E-state index contributed by atoms with van der Waals surface area (Å²) in [5.74, 6) is 1.97. The van der Waals surface area contributed by atoms with Gasteiger partial charge in [-0.2, -0.15) is 0 Å². The van der Waals surface area contributed by atoms with Crippen LogP contribution in [0.2, 0.25) is 0 Å². The summed E-state index contributed by atoms with van der Waals surface area (Å²) < 4.78 is 7.62. The van der Waals surface area contributed by atoms with E-state index in [1.807, 2.05) is 37.3 Å². The fourth-order valence-electron chi connectivity index (χ4n) is 5.14. The first-order valence-corrected chi connectivity index (χ1v) is 12.7. The summed E-state index contributed by atoms with van der Waals surface area (Å²) >= 11 is 0. The van der Waals surface area contributed by atoms with Crippen LogP contribution in [0.25, 0.3) is 11.0 Å². The molecule has 1 saturated heterocycles. The number of hydrogen-bond acceptors (Lipinski definition) is 4. The van der Waals surface area contributed by atoms with Crippen LogP contribution in [0.4, 0.5) is 5.69 Å². The lowest BCUT2D eigenvalue weighted by atomic mass is 9.96. The van der Waals surface area contributed by atoms with E-state index in [4.69, 9.17) is 9.72 Å². The zero-order valence-corrected chi connectivity index (χ0v) is 21.3. The third kappa shape index (κ3) is 5.29. The second-order valence-electron chi connectivity index (χ2n) is 9.83. The van der Waals surface area contributed by atoms with Crippen molar-refractivity contribution in [2.24, 2.45) is 5.92 Å². The molecular formula is C30H34N4O2. The average molecular weight is 483 g/mol. The SMILES string of the molecule is COc1ccc(Cn2c(CN3CCC[C@H](C(=O)Nc4ccc(C)cc4C)C3)nc3ccccc32)cc1. The van der Waals surface area contributed by atoms with Gasteiger partial charge in [-0.3, -0.25) is 9.69 Å². The van der Waals surface area contributed by atoms with E-state index in [-0.39, 0.29) is 11.8 Å². The van der Waals surface area contributed by atoms with Gasteiger partial charge in [0.05, 0.1) is 30.6 Å². The number of carbonyl (C=O) groups is 1. The summed E-state index contributed by atoms with van der Waals surface area (Å²) in [5.41, 5.74) is 6.54. The minimum absolute atomic E-state index is 0.0288. The van der Waals surface area contributed by atoms with Crippen LogP contribution in [-0.2, 0) is 17.9 Å². The molecule has 5 rings (SSSR count). The molecule has 1 fully saturated rings.